The predicted octanol–water partition coefficient (Wildman–Crippen LogP) is 1.48. The smallest absolute Gasteiger partial charge is 0.335 e. The van der Waals surface area contributed by atoms with Crippen molar-refractivity contribution in [3.63, 3.8) is 0 Å². The molecule has 0 unspecified atom stereocenters. The molecule has 0 aliphatic carbocycles. The van der Waals surface area contributed by atoms with Crippen molar-refractivity contribution in [1.29, 1.82) is 0 Å². The fourth-order valence-corrected chi connectivity index (χ4v) is 2.07. The molecule has 0 saturated carbocycles. The number of hydrogen-bond acceptors (Lipinski definition) is 4. The minimum Gasteiger partial charge on any atom is -0.494 e. The number of nitrogens with one attached hydrogen (secondary N) is 1. The number of carboxylic acids is 1. The molecule has 1 heterocycles. The van der Waals surface area contributed by atoms with Gasteiger partial charge in [-0.25, -0.2) is 9.59 Å². The van der Waals surface area contributed by atoms with Gasteiger partial charge in [0.05, 0.1) is 12.2 Å². The lowest BCUT2D eigenvalue weighted by Gasteiger charge is -2.07. The van der Waals surface area contributed by atoms with E-state index < -0.39 is 17.2 Å². The van der Waals surface area contributed by atoms with Gasteiger partial charge in [-0.15, -0.1) is 0 Å². The molecular weight excluding hydrogens is 300 g/mol. The molecule has 0 spiro atoms. The fourth-order valence-electron chi connectivity index (χ4n) is 2.07. The number of aromatic carboxylic acids is 1. The highest BCUT2D eigenvalue weighted by molar-refractivity contribution is 5.87. The first kappa shape index (κ1) is 16.5. The van der Waals surface area contributed by atoms with Crippen molar-refractivity contribution in [2.24, 2.45) is 0 Å². The molecule has 0 atom stereocenters. The Morgan fingerprint density at radius 3 is 2.48 bits per heavy atom. The molecule has 2 aromatic rings. The first-order valence-corrected chi connectivity index (χ1v) is 7.32. The van der Waals surface area contributed by atoms with Crippen molar-refractivity contribution < 1.29 is 14.6 Å². The largest absolute Gasteiger partial charge is 0.494 e. The molecule has 0 aliphatic heterocycles. The zero-order valence-electron chi connectivity index (χ0n) is 12.5. The monoisotopic (exact) mass is 318 g/mol. The van der Waals surface area contributed by atoms with Crippen LogP contribution in [0.4, 0.5) is 0 Å². The van der Waals surface area contributed by atoms with Gasteiger partial charge in [0, 0.05) is 18.8 Å². The van der Waals surface area contributed by atoms with E-state index in [2.05, 4.69) is 4.98 Å². The maximum atomic E-state index is 11.5. The second kappa shape index (κ2) is 7.98. The first-order chi connectivity index (χ1) is 11.1. The van der Waals surface area contributed by atoms with Crippen LogP contribution < -0.4 is 16.0 Å². The second-order valence-electron chi connectivity index (χ2n) is 5.04. The van der Waals surface area contributed by atoms with E-state index in [1.165, 1.54) is 29.0 Å². The molecule has 1 aromatic heterocycles. The van der Waals surface area contributed by atoms with Crippen LogP contribution in [-0.4, -0.2) is 27.2 Å². The van der Waals surface area contributed by atoms with Crippen LogP contribution in [0.2, 0.25) is 0 Å². The summed E-state index contributed by atoms with van der Waals surface area (Å²) in [6.45, 7) is 1.07. The molecule has 1 aromatic carbocycles. The highest BCUT2D eigenvalue weighted by Crippen LogP contribution is 2.12. The first-order valence-electron chi connectivity index (χ1n) is 7.32. The van der Waals surface area contributed by atoms with Gasteiger partial charge in [0.2, 0.25) is 0 Å². The van der Waals surface area contributed by atoms with Crippen LogP contribution >= 0.6 is 0 Å². The number of carboxylic acid groups (broad SMARTS) is 1. The minimum atomic E-state index is -0.964. The van der Waals surface area contributed by atoms with Gasteiger partial charge in [0.25, 0.3) is 5.56 Å². The topological polar surface area (TPSA) is 101 Å². The van der Waals surface area contributed by atoms with Crippen LogP contribution in [0.5, 0.6) is 5.75 Å². The molecule has 23 heavy (non-hydrogen) atoms. The average Bonchev–Trinajstić information content (AvgIpc) is 2.53. The second-order valence-corrected chi connectivity index (χ2v) is 5.04. The Bertz CT molecular complexity index is 761. The summed E-state index contributed by atoms with van der Waals surface area (Å²) in [6, 6.07) is 7.58. The molecule has 0 saturated heterocycles. The number of H-pyrrole nitrogens is 1. The van der Waals surface area contributed by atoms with E-state index in [0.717, 1.165) is 19.3 Å². The van der Waals surface area contributed by atoms with Crippen LogP contribution in [0.15, 0.2) is 46.1 Å². The summed E-state index contributed by atoms with van der Waals surface area (Å²) in [5.74, 6) is -0.332. The van der Waals surface area contributed by atoms with E-state index in [1.54, 1.807) is 12.1 Å². The highest BCUT2D eigenvalue weighted by atomic mass is 16.5. The molecule has 0 bridgehead atoms. The van der Waals surface area contributed by atoms with Gasteiger partial charge in [-0.05, 0) is 43.5 Å². The standard InChI is InChI=1S/C16H18N2O5/c19-14-8-10-18(16(22)17-14)9-2-1-3-11-23-13-6-4-12(5-7-13)15(20)21/h4-8,10H,1-3,9,11H2,(H,20,21)(H,17,19,22). The average molecular weight is 318 g/mol. The van der Waals surface area contributed by atoms with Gasteiger partial charge in [-0.2, -0.15) is 0 Å². The van der Waals surface area contributed by atoms with E-state index in [4.69, 9.17) is 9.84 Å². The van der Waals surface area contributed by atoms with Gasteiger partial charge < -0.3 is 14.4 Å². The van der Waals surface area contributed by atoms with Crippen molar-refractivity contribution in [2.75, 3.05) is 6.61 Å². The summed E-state index contributed by atoms with van der Waals surface area (Å²) in [5.41, 5.74) is -0.565. The Labute approximate surface area is 132 Å². The Morgan fingerprint density at radius 2 is 1.83 bits per heavy atom. The Balaban J connectivity index is 1.66. The Morgan fingerprint density at radius 1 is 1.09 bits per heavy atom. The van der Waals surface area contributed by atoms with Crippen LogP contribution in [0.1, 0.15) is 29.6 Å². The van der Waals surface area contributed by atoms with Crippen LogP contribution in [0.3, 0.4) is 0 Å². The molecule has 0 aliphatic rings. The molecule has 7 heteroatoms. The van der Waals surface area contributed by atoms with Crippen molar-refractivity contribution in [3.05, 3.63) is 62.9 Å². The van der Waals surface area contributed by atoms with E-state index in [1.807, 2.05) is 0 Å². The van der Waals surface area contributed by atoms with Gasteiger partial charge in [0.15, 0.2) is 0 Å². The number of hydrogen-bond donors (Lipinski definition) is 2. The molecule has 2 rings (SSSR count). The molecular formula is C16H18N2O5. The van der Waals surface area contributed by atoms with E-state index in [9.17, 15) is 14.4 Å². The quantitative estimate of drug-likeness (QED) is 0.718. The van der Waals surface area contributed by atoms with Crippen LogP contribution in [-0.2, 0) is 6.54 Å². The Kier molecular flexibility index (Phi) is 5.74. The molecule has 0 fully saturated rings. The molecule has 0 radical (unpaired) electrons. The van der Waals surface area contributed by atoms with Crippen molar-refractivity contribution in [1.82, 2.24) is 9.55 Å². The number of aromatic amines is 1. The summed E-state index contributed by atoms with van der Waals surface area (Å²) in [5, 5.41) is 8.79. The molecule has 122 valence electrons. The number of ether oxygens (including phenoxy) is 1. The minimum absolute atomic E-state index is 0.226. The summed E-state index contributed by atoms with van der Waals surface area (Å²) in [6.07, 6.45) is 3.98. The molecule has 7 nitrogen and oxygen atoms in total. The number of aromatic nitrogens is 2. The highest BCUT2D eigenvalue weighted by Gasteiger charge is 2.02. The van der Waals surface area contributed by atoms with Crippen LogP contribution in [0, 0.1) is 0 Å². The van der Waals surface area contributed by atoms with Crippen molar-refractivity contribution in [3.8, 4) is 5.75 Å². The third-order valence-corrected chi connectivity index (χ3v) is 3.31. The summed E-state index contributed by atoms with van der Waals surface area (Å²) >= 11 is 0. The van der Waals surface area contributed by atoms with Gasteiger partial charge >= 0.3 is 11.7 Å². The summed E-state index contributed by atoms with van der Waals surface area (Å²) in [7, 11) is 0. The van der Waals surface area contributed by atoms with E-state index in [-0.39, 0.29) is 5.56 Å². The lowest BCUT2D eigenvalue weighted by atomic mass is 10.2. The van der Waals surface area contributed by atoms with Crippen LogP contribution in [0.25, 0.3) is 0 Å². The number of benzene rings is 1. The predicted molar refractivity (Wildman–Crippen MR) is 84.1 cm³/mol. The summed E-state index contributed by atoms with van der Waals surface area (Å²) in [4.78, 5) is 35.3. The maximum Gasteiger partial charge on any atom is 0.335 e. The fraction of sp³-hybridized carbons (Fsp3) is 0.312. The van der Waals surface area contributed by atoms with Gasteiger partial charge in [0.1, 0.15) is 5.75 Å². The van der Waals surface area contributed by atoms with Crippen molar-refractivity contribution in [2.45, 2.75) is 25.8 Å². The van der Waals surface area contributed by atoms with Crippen molar-refractivity contribution >= 4 is 5.97 Å². The number of unbranched alkanes of at least 4 members (excludes halogenated alkanes) is 2. The lowest BCUT2D eigenvalue weighted by Crippen LogP contribution is -2.28. The Hall–Kier alpha value is -2.83. The number of carbonyl (C=O) groups is 1. The lowest BCUT2D eigenvalue weighted by molar-refractivity contribution is 0.0697. The summed E-state index contributed by atoms with van der Waals surface area (Å²) < 4.78 is 6.99. The molecule has 0 amide bonds. The maximum absolute atomic E-state index is 11.5. The normalized spacial score (nSPS) is 10.4. The number of aryl methyl sites for hydroxylation is 1. The van der Waals surface area contributed by atoms with Gasteiger partial charge in [-0.3, -0.25) is 9.78 Å². The zero-order chi connectivity index (χ0) is 16.7. The SMILES string of the molecule is O=C(O)c1ccc(OCCCCCn2ccc(=O)[nH]c2=O)cc1. The van der Waals surface area contributed by atoms with E-state index >= 15 is 0 Å². The number of rotatable bonds is 8. The zero-order valence-corrected chi connectivity index (χ0v) is 12.5. The third kappa shape index (κ3) is 5.14. The third-order valence-electron chi connectivity index (χ3n) is 3.31. The van der Waals surface area contributed by atoms with Gasteiger partial charge in [-0.1, -0.05) is 0 Å². The molecule has 2 N–H and O–H groups in total. The number of nitrogens with zero attached hydrogens (tertiary/aromatic N) is 1. The van der Waals surface area contributed by atoms with E-state index in [0.29, 0.717) is 18.9 Å².